The maximum atomic E-state index is 12.1. The van der Waals surface area contributed by atoms with Gasteiger partial charge in [0, 0.05) is 25.2 Å². The van der Waals surface area contributed by atoms with E-state index in [2.05, 4.69) is 10.2 Å². The molecule has 1 aromatic rings. The molecule has 1 amide bonds. The normalized spacial score (nSPS) is 18.7. The van der Waals surface area contributed by atoms with Crippen molar-refractivity contribution in [3.05, 3.63) is 37.9 Å². The minimum Gasteiger partial charge on any atom is -0.352 e. The van der Waals surface area contributed by atoms with Crippen molar-refractivity contribution in [2.45, 2.75) is 6.42 Å². The molecule has 1 N–H and O–H groups in total. The quantitative estimate of drug-likeness (QED) is 0.679. The van der Waals surface area contributed by atoms with Crippen molar-refractivity contribution >= 4 is 34.8 Å². The van der Waals surface area contributed by atoms with Gasteiger partial charge in [-0.3, -0.25) is 14.9 Å². The molecule has 1 unspecified atom stereocenters. The number of rotatable bonds is 4. The van der Waals surface area contributed by atoms with E-state index in [1.54, 1.807) is 0 Å². The smallest absolute Gasteiger partial charge is 0.271 e. The molecule has 6 nitrogen and oxygen atoms in total. The molecule has 0 spiro atoms. The number of halogens is 2. The first-order valence-electron chi connectivity index (χ1n) is 6.48. The monoisotopic (exact) mass is 331 g/mol. The van der Waals surface area contributed by atoms with E-state index in [0.717, 1.165) is 31.6 Å². The van der Waals surface area contributed by atoms with E-state index < -0.39 is 10.8 Å². The Bertz CT molecular complexity index is 580. The number of carbonyl (C=O) groups is 1. The van der Waals surface area contributed by atoms with Crippen LogP contribution in [0.2, 0.25) is 10.0 Å². The van der Waals surface area contributed by atoms with Crippen LogP contribution in [0.15, 0.2) is 12.1 Å². The zero-order valence-electron chi connectivity index (χ0n) is 11.4. The number of amides is 1. The standard InChI is InChI=1S/C13H15Cl2N3O3/c1-17-3-2-8(7-17)6-16-13(19)10-4-9(18(20)21)5-11(14)12(10)15/h4-5,8H,2-3,6-7H2,1H3,(H,16,19). The number of hydrogen-bond donors (Lipinski definition) is 1. The number of nitrogens with zero attached hydrogens (tertiary/aromatic N) is 2. The van der Waals surface area contributed by atoms with E-state index in [1.165, 1.54) is 0 Å². The summed E-state index contributed by atoms with van der Waals surface area (Å²) in [5, 5.41) is 13.6. The van der Waals surface area contributed by atoms with E-state index >= 15 is 0 Å². The van der Waals surface area contributed by atoms with Gasteiger partial charge in [-0.05, 0) is 25.9 Å². The van der Waals surface area contributed by atoms with Gasteiger partial charge in [0.25, 0.3) is 11.6 Å². The predicted molar refractivity (Wildman–Crippen MR) is 81.1 cm³/mol. The Balaban J connectivity index is 2.09. The Labute approximate surface area is 132 Å². The summed E-state index contributed by atoms with van der Waals surface area (Å²) in [6, 6.07) is 2.27. The lowest BCUT2D eigenvalue weighted by atomic mass is 10.1. The molecule has 2 rings (SSSR count). The van der Waals surface area contributed by atoms with Gasteiger partial charge in [0.15, 0.2) is 0 Å². The molecule has 21 heavy (non-hydrogen) atoms. The molecular weight excluding hydrogens is 317 g/mol. The summed E-state index contributed by atoms with van der Waals surface area (Å²) in [7, 11) is 2.03. The van der Waals surface area contributed by atoms with Crippen molar-refractivity contribution in [2.75, 3.05) is 26.7 Å². The van der Waals surface area contributed by atoms with Gasteiger partial charge in [0.05, 0.1) is 20.5 Å². The van der Waals surface area contributed by atoms with Gasteiger partial charge in [0.1, 0.15) is 0 Å². The highest BCUT2D eigenvalue weighted by molar-refractivity contribution is 6.44. The zero-order chi connectivity index (χ0) is 15.6. The molecule has 1 saturated heterocycles. The summed E-state index contributed by atoms with van der Waals surface area (Å²) in [6.45, 7) is 2.44. The molecule has 1 fully saturated rings. The van der Waals surface area contributed by atoms with E-state index in [9.17, 15) is 14.9 Å². The first kappa shape index (κ1) is 16.0. The van der Waals surface area contributed by atoms with Gasteiger partial charge in [-0.25, -0.2) is 0 Å². The van der Waals surface area contributed by atoms with Crippen molar-refractivity contribution in [3.8, 4) is 0 Å². The molecule has 0 aromatic heterocycles. The van der Waals surface area contributed by atoms with E-state index in [-0.39, 0.29) is 21.3 Å². The highest BCUT2D eigenvalue weighted by atomic mass is 35.5. The first-order valence-corrected chi connectivity index (χ1v) is 7.24. The third kappa shape index (κ3) is 3.84. The molecule has 0 aliphatic carbocycles. The van der Waals surface area contributed by atoms with Gasteiger partial charge >= 0.3 is 0 Å². The van der Waals surface area contributed by atoms with E-state index in [0.29, 0.717) is 12.5 Å². The lowest BCUT2D eigenvalue weighted by Gasteiger charge is -2.12. The van der Waals surface area contributed by atoms with Crippen LogP contribution in [0.4, 0.5) is 5.69 Å². The third-order valence-electron chi connectivity index (χ3n) is 3.51. The van der Waals surface area contributed by atoms with Crippen molar-refractivity contribution in [1.82, 2.24) is 10.2 Å². The van der Waals surface area contributed by atoms with Gasteiger partial charge in [-0.15, -0.1) is 0 Å². The Kier molecular flexibility index (Phi) is 5.03. The SMILES string of the molecule is CN1CCC(CNC(=O)c2cc([N+](=O)[O-])cc(Cl)c2Cl)C1. The molecule has 114 valence electrons. The molecule has 1 heterocycles. The predicted octanol–water partition coefficient (Wildman–Crippen LogP) is 2.58. The highest BCUT2D eigenvalue weighted by Crippen LogP contribution is 2.30. The van der Waals surface area contributed by atoms with Crippen LogP contribution in [0.25, 0.3) is 0 Å². The second-order valence-electron chi connectivity index (χ2n) is 5.17. The molecule has 8 heteroatoms. The van der Waals surface area contributed by atoms with Crippen LogP contribution in [-0.2, 0) is 0 Å². The summed E-state index contributed by atoms with van der Waals surface area (Å²) in [4.78, 5) is 24.5. The Hall–Kier alpha value is -1.37. The van der Waals surface area contributed by atoms with Crippen LogP contribution in [0.1, 0.15) is 16.8 Å². The first-order chi connectivity index (χ1) is 9.88. The van der Waals surface area contributed by atoms with Crippen LogP contribution in [0, 0.1) is 16.0 Å². The van der Waals surface area contributed by atoms with Crippen molar-refractivity contribution in [1.29, 1.82) is 0 Å². The Morgan fingerprint density at radius 3 is 2.81 bits per heavy atom. The molecule has 1 aliphatic rings. The largest absolute Gasteiger partial charge is 0.352 e. The maximum Gasteiger partial charge on any atom is 0.271 e. The second-order valence-corrected chi connectivity index (χ2v) is 5.96. The van der Waals surface area contributed by atoms with Crippen LogP contribution in [0.5, 0.6) is 0 Å². The van der Waals surface area contributed by atoms with Gasteiger partial charge in [0.2, 0.25) is 0 Å². The summed E-state index contributed by atoms with van der Waals surface area (Å²) in [5.74, 6) is -0.0629. The third-order valence-corrected chi connectivity index (χ3v) is 4.31. The summed E-state index contributed by atoms with van der Waals surface area (Å²) < 4.78 is 0. The number of nitro groups is 1. The minimum absolute atomic E-state index is 0.00313. The molecule has 1 aliphatic heterocycles. The Morgan fingerprint density at radius 2 is 2.24 bits per heavy atom. The molecule has 0 bridgehead atoms. The van der Waals surface area contributed by atoms with Gasteiger partial charge in [-0.1, -0.05) is 23.2 Å². The van der Waals surface area contributed by atoms with Gasteiger partial charge in [-0.2, -0.15) is 0 Å². The number of likely N-dealkylation sites (tertiary alicyclic amines) is 1. The molecule has 1 aromatic carbocycles. The van der Waals surface area contributed by atoms with Crippen molar-refractivity contribution < 1.29 is 9.72 Å². The number of nitrogens with one attached hydrogen (secondary N) is 1. The number of nitro benzene ring substituents is 1. The van der Waals surface area contributed by atoms with Crippen molar-refractivity contribution in [3.63, 3.8) is 0 Å². The number of non-ortho nitro benzene ring substituents is 1. The summed E-state index contributed by atoms with van der Waals surface area (Å²) in [6.07, 6.45) is 1.01. The fraction of sp³-hybridized carbons (Fsp3) is 0.462. The van der Waals surface area contributed by atoms with Gasteiger partial charge < -0.3 is 10.2 Å². The fourth-order valence-corrected chi connectivity index (χ4v) is 2.78. The zero-order valence-corrected chi connectivity index (χ0v) is 12.9. The molecule has 1 atom stereocenters. The maximum absolute atomic E-state index is 12.1. The molecular formula is C13H15Cl2N3O3. The van der Waals surface area contributed by atoms with E-state index in [4.69, 9.17) is 23.2 Å². The summed E-state index contributed by atoms with van der Waals surface area (Å²) in [5.41, 5.74) is -0.225. The second kappa shape index (κ2) is 6.60. The number of hydrogen-bond acceptors (Lipinski definition) is 4. The van der Waals surface area contributed by atoms with Crippen LogP contribution in [-0.4, -0.2) is 42.4 Å². The van der Waals surface area contributed by atoms with E-state index in [1.807, 2.05) is 7.05 Å². The number of benzene rings is 1. The number of carbonyl (C=O) groups excluding carboxylic acids is 1. The highest BCUT2D eigenvalue weighted by Gasteiger charge is 2.22. The summed E-state index contributed by atoms with van der Waals surface area (Å²) >= 11 is 11.8. The average Bonchev–Trinajstić information content (AvgIpc) is 2.84. The molecule has 0 radical (unpaired) electrons. The van der Waals surface area contributed by atoms with Crippen LogP contribution < -0.4 is 5.32 Å². The minimum atomic E-state index is -0.606. The lowest BCUT2D eigenvalue weighted by molar-refractivity contribution is -0.384. The average molecular weight is 332 g/mol. The fourth-order valence-electron chi connectivity index (χ4n) is 2.37. The van der Waals surface area contributed by atoms with Crippen molar-refractivity contribution in [2.24, 2.45) is 5.92 Å². The molecule has 0 saturated carbocycles. The Morgan fingerprint density at radius 1 is 1.52 bits per heavy atom. The lowest BCUT2D eigenvalue weighted by Crippen LogP contribution is -2.30. The van der Waals surface area contributed by atoms with Crippen LogP contribution in [0.3, 0.4) is 0 Å². The topological polar surface area (TPSA) is 75.5 Å². The van der Waals surface area contributed by atoms with Crippen LogP contribution >= 0.6 is 23.2 Å².